The van der Waals surface area contributed by atoms with E-state index in [1.807, 2.05) is 54.0 Å². The van der Waals surface area contributed by atoms with Crippen LogP contribution in [0.5, 0.6) is 0 Å². The fraction of sp³-hybridized carbons (Fsp3) is 0.158. The van der Waals surface area contributed by atoms with Crippen LogP contribution in [0.3, 0.4) is 0 Å². The molecule has 5 nitrogen and oxygen atoms in total. The Hall–Kier alpha value is -3.08. The van der Waals surface area contributed by atoms with E-state index in [-0.39, 0.29) is 5.91 Å². The Morgan fingerprint density at radius 2 is 2.08 bits per heavy atom. The molecule has 3 aromatic heterocycles. The van der Waals surface area contributed by atoms with E-state index in [4.69, 9.17) is 4.42 Å². The van der Waals surface area contributed by atoms with Crippen molar-refractivity contribution in [2.75, 3.05) is 0 Å². The van der Waals surface area contributed by atoms with Gasteiger partial charge in [0.15, 0.2) is 5.58 Å². The molecular formula is C19H17N3O2. The second-order valence-corrected chi connectivity index (χ2v) is 5.63. The van der Waals surface area contributed by atoms with Crippen LogP contribution in [0.25, 0.3) is 22.1 Å². The summed E-state index contributed by atoms with van der Waals surface area (Å²) in [7, 11) is 0. The number of rotatable bonds is 4. The first-order valence-electron chi connectivity index (χ1n) is 7.96. The molecule has 0 aliphatic rings. The van der Waals surface area contributed by atoms with Crippen LogP contribution >= 0.6 is 0 Å². The summed E-state index contributed by atoms with van der Waals surface area (Å²) < 4.78 is 7.88. The van der Waals surface area contributed by atoms with E-state index in [9.17, 15) is 4.79 Å². The van der Waals surface area contributed by atoms with Gasteiger partial charge in [-0.05, 0) is 30.7 Å². The highest BCUT2D eigenvalue weighted by Crippen LogP contribution is 2.31. The quantitative estimate of drug-likeness (QED) is 0.623. The van der Waals surface area contributed by atoms with Gasteiger partial charge in [0.25, 0.3) is 5.91 Å². The van der Waals surface area contributed by atoms with Crippen molar-refractivity contribution in [3.63, 3.8) is 0 Å². The van der Waals surface area contributed by atoms with Gasteiger partial charge in [-0.15, -0.1) is 0 Å². The minimum Gasteiger partial charge on any atom is -0.454 e. The Bertz CT molecular complexity index is 1020. The number of nitrogens with one attached hydrogen (secondary N) is 1. The third kappa shape index (κ3) is 2.34. The van der Waals surface area contributed by atoms with Gasteiger partial charge in [-0.3, -0.25) is 9.78 Å². The second-order valence-electron chi connectivity index (χ2n) is 5.63. The van der Waals surface area contributed by atoms with E-state index in [0.29, 0.717) is 18.8 Å². The van der Waals surface area contributed by atoms with Crippen LogP contribution in [-0.2, 0) is 13.1 Å². The highest BCUT2D eigenvalue weighted by Gasteiger charge is 2.19. The second kappa shape index (κ2) is 5.85. The Kier molecular flexibility index (Phi) is 3.54. The Balaban J connectivity index is 1.69. The standard InChI is InChI=1S/C19H17N3O2/c1-2-22-15(19(23)21-12-13-6-5-9-20-11-13)10-17-18(22)14-7-3-4-8-16(14)24-17/h3-11H,2,12H2,1H3,(H,21,23). The van der Waals surface area contributed by atoms with Gasteiger partial charge in [0, 0.05) is 36.9 Å². The summed E-state index contributed by atoms with van der Waals surface area (Å²) >= 11 is 0. The van der Waals surface area contributed by atoms with Crippen LogP contribution in [0.15, 0.2) is 59.3 Å². The molecule has 24 heavy (non-hydrogen) atoms. The molecule has 0 spiro atoms. The smallest absolute Gasteiger partial charge is 0.268 e. The molecule has 0 bridgehead atoms. The van der Waals surface area contributed by atoms with E-state index >= 15 is 0 Å². The number of carbonyl (C=O) groups excluding carboxylic acids is 1. The number of furan rings is 1. The fourth-order valence-corrected chi connectivity index (χ4v) is 3.04. The highest BCUT2D eigenvalue weighted by atomic mass is 16.3. The number of hydrogen-bond donors (Lipinski definition) is 1. The van der Waals surface area contributed by atoms with Gasteiger partial charge in [-0.25, -0.2) is 0 Å². The number of amides is 1. The summed E-state index contributed by atoms with van der Waals surface area (Å²) in [6, 6.07) is 13.5. The Labute approximate surface area is 138 Å². The maximum atomic E-state index is 12.6. The van der Waals surface area contributed by atoms with Crippen molar-refractivity contribution in [2.45, 2.75) is 20.0 Å². The molecule has 1 amide bonds. The molecule has 4 aromatic rings. The molecule has 0 unspecified atom stereocenters. The number of aromatic nitrogens is 2. The van der Waals surface area contributed by atoms with Crippen LogP contribution in [0.2, 0.25) is 0 Å². The van der Waals surface area contributed by atoms with E-state index in [2.05, 4.69) is 10.3 Å². The summed E-state index contributed by atoms with van der Waals surface area (Å²) in [6.07, 6.45) is 3.46. The van der Waals surface area contributed by atoms with E-state index in [1.165, 1.54) is 0 Å². The van der Waals surface area contributed by atoms with Crippen LogP contribution in [-0.4, -0.2) is 15.5 Å². The average molecular weight is 319 g/mol. The minimum absolute atomic E-state index is 0.115. The van der Waals surface area contributed by atoms with Crippen LogP contribution in [0.4, 0.5) is 0 Å². The van der Waals surface area contributed by atoms with Gasteiger partial charge in [0.2, 0.25) is 0 Å². The first kappa shape index (κ1) is 14.5. The largest absolute Gasteiger partial charge is 0.454 e. The van der Waals surface area contributed by atoms with Crippen LogP contribution in [0, 0.1) is 0 Å². The van der Waals surface area contributed by atoms with Crippen LogP contribution < -0.4 is 5.32 Å². The van der Waals surface area contributed by atoms with Crippen molar-refractivity contribution in [3.05, 3.63) is 66.1 Å². The Morgan fingerprint density at radius 3 is 2.88 bits per heavy atom. The monoisotopic (exact) mass is 319 g/mol. The molecule has 1 aromatic carbocycles. The molecule has 0 aliphatic heterocycles. The van der Waals surface area contributed by atoms with Crippen molar-refractivity contribution in [1.29, 1.82) is 0 Å². The summed E-state index contributed by atoms with van der Waals surface area (Å²) in [5, 5.41) is 3.98. The van der Waals surface area contributed by atoms with Gasteiger partial charge in [-0.2, -0.15) is 0 Å². The lowest BCUT2D eigenvalue weighted by molar-refractivity contribution is 0.0942. The number of fused-ring (bicyclic) bond motifs is 3. The number of para-hydroxylation sites is 1. The first-order valence-corrected chi connectivity index (χ1v) is 7.96. The van der Waals surface area contributed by atoms with Gasteiger partial charge >= 0.3 is 0 Å². The zero-order chi connectivity index (χ0) is 16.5. The maximum Gasteiger partial charge on any atom is 0.268 e. The van der Waals surface area contributed by atoms with Crippen LogP contribution in [0.1, 0.15) is 23.0 Å². The fourth-order valence-electron chi connectivity index (χ4n) is 3.04. The molecule has 0 atom stereocenters. The zero-order valence-corrected chi connectivity index (χ0v) is 13.3. The van der Waals surface area contributed by atoms with Gasteiger partial charge in [-0.1, -0.05) is 18.2 Å². The normalized spacial score (nSPS) is 11.2. The predicted octanol–water partition coefficient (Wildman–Crippen LogP) is 3.73. The molecule has 5 heteroatoms. The van der Waals surface area contributed by atoms with Crippen molar-refractivity contribution in [3.8, 4) is 0 Å². The van der Waals surface area contributed by atoms with E-state index in [0.717, 1.165) is 27.6 Å². The molecular weight excluding hydrogens is 302 g/mol. The number of benzene rings is 1. The first-order chi connectivity index (χ1) is 11.8. The lowest BCUT2D eigenvalue weighted by Gasteiger charge is -2.08. The number of pyridine rings is 1. The van der Waals surface area contributed by atoms with Crippen molar-refractivity contribution >= 4 is 28.0 Å². The summed E-state index contributed by atoms with van der Waals surface area (Å²) in [5.41, 5.74) is 4.13. The van der Waals surface area contributed by atoms with Crippen molar-refractivity contribution in [1.82, 2.24) is 14.9 Å². The number of hydrogen-bond acceptors (Lipinski definition) is 3. The molecule has 3 heterocycles. The molecule has 0 saturated carbocycles. The predicted molar refractivity (Wildman–Crippen MR) is 92.8 cm³/mol. The summed E-state index contributed by atoms with van der Waals surface area (Å²) in [5.74, 6) is -0.115. The topological polar surface area (TPSA) is 60.1 Å². The lowest BCUT2D eigenvalue weighted by atomic mass is 10.2. The number of carbonyl (C=O) groups is 1. The minimum atomic E-state index is -0.115. The molecule has 4 rings (SSSR count). The highest BCUT2D eigenvalue weighted by molar-refractivity contribution is 6.07. The van der Waals surface area contributed by atoms with Crippen molar-refractivity contribution in [2.24, 2.45) is 0 Å². The van der Waals surface area contributed by atoms with Gasteiger partial charge in [0.05, 0.1) is 5.52 Å². The van der Waals surface area contributed by atoms with Gasteiger partial charge in [0.1, 0.15) is 11.3 Å². The zero-order valence-electron chi connectivity index (χ0n) is 13.3. The number of nitrogens with zero attached hydrogens (tertiary/aromatic N) is 2. The van der Waals surface area contributed by atoms with Gasteiger partial charge < -0.3 is 14.3 Å². The number of aryl methyl sites for hydroxylation is 1. The maximum absolute atomic E-state index is 12.6. The SMILES string of the molecule is CCn1c(C(=O)NCc2cccnc2)cc2oc3ccccc3c21. The Morgan fingerprint density at radius 1 is 1.21 bits per heavy atom. The summed E-state index contributed by atoms with van der Waals surface area (Å²) in [4.78, 5) is 16.7. The van der Waals surface area contributed by atoms with Crippen molar-refractivity contribution < 1.29 is 9.21 Å². The molecule has 1 N–H and O–H groups in total. The molecule has 120 valence electrons. The molecule has 0 aliphatic carbocycles. The molecule has 0 radical (unpaired) electrons. The third-order valence-electron chi connectivity index (χ3n) is 4.15. The van der Waals surface area contributed by atoms with E-state index in [1.54, 1.807) is 12.4 Å². The lowest BCUT2D eigenvalue weighted by Crippen LogP contribution is -2.25. The average Bonchev–Trinajstić information content (AvgIpc) is 3.16. The molecule has 0 saturated heterocycles. The molecule has 0 fully saturated rings. The van der Waals surface area contributed by atoms with E-state index < -0.39 is 0 Å². The third-order valence-corrected chi connectivity index (χ3v) is 4.15. The summed E-state index contributed by atoms with van der Waals surface area (Å²) in [6.45, 7) is 3.17.